The molecule has 2 aromatic carbocycles. The maximum atomic E-state index is 13.2. The molecule has 1 aromatic heterocycles. The molecular formula is C22H22ClN3O2. The van der Waals surface area contributed by atoms with Crippen LogP contribution in [0.5, 0.6) is 0 Å². The molecule has 3 aromatic rings. The van der Waals surface area contributed by atoms with E-state index in [1.807, 2.05) is 49.4 Å². The van der Waals surface area contributed by atoms with Gasteiger partial charge in [0, 0.05) is 23.7 Å². The van der Waals surface area contributed by atoms with Gasteiger partial charge >= 0.3 is 0 Å². The van der Waals surface area contributed by atoms with Crippen molar-refractivity contribution in [3.8, 4) is 5.69 Å². The summed E-state index contributed by atoms with van der Waals surface area (Å²) in [5.41, 5.74) is 2.18. The second-order valence-corrected chi connectivity index (χ2v) is 7.69. The van der Waals surface area contributed by atoms with E-state index in [0.717, 1.165) is 16.8 Å². The smallest absolute Gasteiger partial charge is 0.272 e. The summed E-state index contributed by atoms with van der Waals surface area (Å²) in [5.74, 6) is -0.0583. The van der Waals surface area contributed by atoms with Crippen LogP contribution in [-0.2, 0) is 5.60 Å². The van der Waals surface area contributed by atoms with Crippen molar-refractivity contribution in [1.82, 2.24) is 14.7 Å². The number of carbonyl (C=O) groups is 1. The number of aliphatic hydroxyl groups is 1. The van der Waals surface area contributed by atoms with Crippen molar-refractivity contribution in [3.05, 3.63) is 82.6 Å². The fourth-order valence-corrected chi connectivity index (χ4v) is 3.86. The van der Waals surface area contributed by atoms with Crippen molar-refractivity contribution in [3.63, 3.8) is 0 Å². The van der Waals surface area contributed by atoms with E-state index in [1.165, 1.54) is 0 Å². The molecule has 1 fully saturated rings. The van der Waals surface area contributed by atoms with Crippen LogP contribution in [0, 0.1) is 6.92 Å². The van der Waals surface area contributed by atoms with Crippen LogP contribution in [0.1, 0.15) is 34.5 Å². The van der Waals surface area contributed by atoms with Crippen molar-refractivity contribution < 1.29 is 9.90 Å². The van der Waals surface area contributed by atoms with Crippen LogP contribution >= 0.6 is 11.6 Å². The maximum Gasteiger partial charge on any atom is 0.272 e. The second-order valence-electron chi connectivity index (χ2n) is 7.25. The van der Waals surface area contributed by atoms with Gasteiger partial charge in [-0.3, -0.25) is 4.79 Å². The zero-order valence-corrected chi connectivity index (χ0v) is 16.4. The Kier molecular flexibility index (Phi) is 4.96. The lowest BCUT2D eigenvalue weighted by molar-refractivity contribution is -0.0213. The van der Waals surface area contributed by atoms with Crippen LogP contribution in [0.2, 0.25) is 5.02 Å². The van der Waals surface area contributed by atoms with Crippen LogP contribution in [0.3, 0.4) is 0 Å². The third-order valence-electron chi connectivity index (χ3n) is 5.41. The van der Waals surface area contributed by atoms with E-state index in [0.29, 0.717) is 36.6 Å². The molecule has 0 bridgehead atoms. The number of rotatable bonds is 3. The lowest BCUT2D eigenvalue weighted by atomic mass is 9.84. The molecule has 1 saturated heterocycles. The first-order valence-corrected chi connectivity index (χ1v) is 9.73. The van der Waals surface area contributed by atoms with Crippen molar-refractivity contribution in [2.45, 2.75) is 25.4 Å². The zero-order valence-electron chi connectivity index (χ0n) is 15.7. The average Bonchev–Trinajstić information content (AvgIpc) is 3.10. The Morgan fingerprint density at radius 1 is 1.07 bits per heavy atom. The highest BCUT2D eigenvalue weighted by molar-refractivity contribution is 6.30. The normalized spacial score (nSPS) is 16.2. The fourth-order valence-electron chi connectivity index (χ4n) is 3.73. The monoisotopic (exact) mass is 395 g/mol. The van der Waals surface area contributed by atoms with E-state index in [2.05, 4.69) is 5.10 Å². The standard InChI is InChI=1S/C22H22ClN3O2/c1-16-15-24-26(19-5-3-2-4-6-19)20(16)21(27)25-13-11-22(28,12-14-25)17-7-9-18(23)10-8-17/h2-10,15,28H,11-14H2,1H3. The Balaban J connectivity index is 1.54. The van der Waals surface area contributed by atoms with Crippen molar-refractivity contribution in [1.29, 1.82) is 0 Å². The van der Waals surface area contributed by atoms with E-state index in [-0.39, 0.29) is 5.91 Å². The highest BCUT2D eigenvalue weighted by Gasteiger charge is 2.36. The Morgan fingerprint density at radius 3 is 2.36 bits per heavy atom. The highest BCUT2D eigenvalue weighted by Crippen LogP contribution is 2.34. The SMILES string of the molecule is Cc1cnn(-c2ccccc2)c1C(=O)N1CCC(O)(c2ccc(Cl)cc2)CC1. The molecule has 1 N–H and O–H groups in total. The first kappa shape index (κ1) is 18.7. The molecule has 0 spiro atoms. The van der Waals surface area contributed by atoms with Gasteiger partial charge in [0.2, 0.25) is 0 Å². The topological polar surface area (TPSA) is 58.4 Å². The third-order valence-corrected chi connectivity index (χ3v) is 5.67. The van der Waals surface area contributed by atoms with Gasteiger partial charge in [-0.25, -0.2) is 4.68 Å². The molecule has 0 atom stereocenters. The summed E-state index contributed by atoms with van der Waals surface area (Å²) in [6.45, 7) is 2.86. The molecule has 5 nitrogen and oxygen atoms in total. The number of likely N-dealkylation sites (tertiary alicyclic amines) is 1. The minimum Gasteiger partial charge on any atom is -0.385 e. The molecule has 0 unspecified atom stereocenters. The number of amides is 1. The average molecular weight is 396 g/mol. The Morgan fingerprint density at radius 2 is 1.71 bits per heavy atom. The number of piperidine rings is 1. The highest BCUT2D eigenvalue weighted by atomic mass is 35.5. The summed E-state index contributed by atoms with van der Waals surface area (Å²) >= 11 is 5.96. The summed E-state index contributed by atoms with van der Waals surface area (Å²) in [6, 6.07) is 16.9. The number of hydrogen-bond acceptors (Lipinski definition) is 3. The predicted molar refractivity (Wildman–Crippen MR) is 109 cm³/mol. The molecule has 144 valence electrons. The van der Waals surface area contributed by atoms with Crippen LogP contribution in [0.4, 0.5) is 0 Å². The molecule has 28 heavy (non-hydrogen) atoms. The summed E-state index contributed by atoms with van der Waals surface area (Å²) in [5, 5.41) is 16.1. The zero-order chi connectivity index (χ0) is 19.7. The predicted octanol–water partition coefficient (Wildman–Crippen LogP) is 3.96. The van der Waals surface area contributed by atoms with Crippen LogP contribution < -0.4 is 0 Å². The number of hydrogen-bond donors (Lipinski definition) is 1. The molecule has 0 radical (unpaired) electrons. The van der Waals surface area contributed by atoms with Gasteiger partial charge in [0.15, 0.2) is 0 Å². The van der Waals surface area contributed by atoms with Crippen molar-refractivity contribution >= 4 is 17.5 Å². The van der Waals surface area contributed by atoms with E-state index in [9.17, 15) is 9.90 Å². The number of para-hydroxylation sites is 1. The maximum absolute atomic E-state index is 13.2. The van der Waals surface area contributed by atoms with Gasteiger partial charge in [-0.15, -0.1) is 0 Å². The molecule has 1 aliphatic heterocycles. The summed E-state index contributed by atoms with van der Waals surface area (Å²) in [4.78, 5) is 15.0. The number of aryl methyl sites for hydroxylation is 1. The lowest BCUT2D eigenvalue weighted by Crippen LogP contribution is -2.45. The molecular weight excluding hydrogens is 374 g/mol. The van der Waals surface area contributed by atoms with E-state index < -0.39 is 5.60 Å². The van der Waals surface area contributed by atoms with Gasteiger partial charge in [0.1, 0.15) is 5.69 Å². The quantitative estimate of drug-likeness (QED) is 0.730. The number of nitrogens with zero attached hydrogens (tertiary/aromatic N) is 3. The molecule has 0 saturated carbocycles. The Bertz CT molecular complexity index is 975. The van der Waals surface area contributed by atoms with Gasteiger partial charge < -0.3 is 10.0 Å². The largest absolute Gasteiger partial charge is 0.385 e. The fraction of sp³-hybridized carbons (Fsp3) is 0.273. The number of aromatic nitrogens is 2. The van der Waals surface area contributed by atoms with Gasteiger partial charge in [0.05, 0.1) is 17.5 Å². The van der Waals surface area contributed by atoms with Gasteiger partial charge in [-0.05, 0) is 49.6 Å². The number of carbonyl (C=O) groups excluding carboxylic acids is 1. The first-order valence-electron chi connectivity index (χ1n) is 9.36. The van der Waals surface area contributed by atoms with Crippen molar-refractivity contribution in [2.24, 2.45) is 0 Å². The minimum atomic E-state index is -0.934. The van der Waals surface area contributed by atoms with Gasteiger partial charge in [-0.2, -0.15) is 5.10 Å². The van der Waals surface area contributed by atoms with Gasteiger partial charge in [-0.1, -0.05) is 41.9 Å². The van der Waals surface area contributed by atoms with E-state index >= 15 is 0 Å². The Labute approximate surface area is 169 Å². The third kappa shape index (κ3) is 3.43. The second kappa shape index (κ2) is 7.41. The summed E-state index contributed by atoms with van der Waals surface area (Å²) < 4.78 is 1.69. The van der Waals surface area contributed by atoms with Crippen molar-refractivity contribution in [2.75, 3.05) is 13.1 Å². The van der Waals surface area contributed by atoms with E-state index in [4.69, 9.17) is 11.6 Å². The first-order chi connectivity index (χ1) is 13.5. The Hall–Kier alpha value is -2.63. The van der Waals surface area contributed by atoms with Crippen LogP contribution in [-0.4, -0.2) is 38.8 Å². The molecule has 2 heterocycles. The molecule has 0 aliphatic carbocycles. The van der Waals surface area contributed by atoms with E-state index in [1.54, 1.807) is 27.9 Å². The van der Waals surface area contributed by atoms with Gasteiger partial charge in [0.25, 0.3) is 5.91 Å². The molecule has 6 heteroatoms. The molecule has 1 amide bonds. The molecule has 1 aliphatic rings. The lowest BCUT2D eigenvalue weighted by Gasteiger charge is -2.38. The minimum absolute atomic E-state index is 0.0583. The number of benzene rings is 2. The molecule has 4 rings (SSSR count). The van der Waals surface area contributed by atoms with Crippen LogP contribution in [0.25, 0.3) is 5.69 Å². The summed E-state index contributed by atoms with van der Waals surface area (Å²) in [6.07, 6.45) is 2.69. The summed E-state index contributed by atoms with van der Waals surface area (Å²) in [7, 11) is 0. The van der Waals surface area contributed by atoms with Crippen LogP contribution in [0.15, 0.2) is 60.8 Å². The number of halogens is 1.